The maximum absolute atomic E-state index is 11.5. The Kier molecular flexibility index (Phi) is 19.8. The fraction of sp³-hybridized carbons (Fsp3) is 0.864. The number of rotatable bonds is 19. The average Bonchev–Trinajstić information content (AvgIpc) is 2.63. The largest absolute Gasteiger partial charge is 0.433 e. The molecule has 1 N–H and O–H groups in total. The van der Waals surface area contributed by atoms with Gasteiger partial charge in [-0.3, -0.25) is 4.79 Å². The zero-order valence-electron chi connectivity index (χ0n) is 17.2. The van der Waals surface area contributed by atoms with Crippen molar-refractivity contribution in [2.45, 2.75) is 110 Å². The van der Waals surface area contributed by atoms with Crippen LogP contribution < -0.4 is 0 Å². The molecule has 0 fully saturated rings. The Bertz CT molecular complexity index is 328. The van der Waals surface area contributed by atoms with E-state index in [0.29, 0.717) is 13.0 Å². The average molecular weight is 371 g/mol. The molecule has 0 heterocycles. The molecule has 0 rings (SSSR count). The molecule has 1 unspecified atom stereocenters. The molecule has 154 valence electrons. The van der Waals surface area contributed by atoms with Crippen LogP contribution in [0.2, 0.25) is 0 Å². The number of aliphatic hydroxyl groups is 1. The van der Waals surface area contributed by atoms with Crippen molar-refractivity contribution in [3.8, 4) is 0 Å². The van der Waals surface area contributed by atoms with Gasteiger partial charge in [0.05, 0.1) is 0 Å². The first-order valence-corrected chi connectivity index (χ1v) is 10.8. The zero-order chi connectivity index (χ0) is 19.3. The van der Waals surface area contributed by atoms with Gasteiger partial charge in [0.25, 0.3) is 0 Å². The molecule has 0 aliphatic rings. The van der Waals surface area contributed by atoms with Gasteiger partial charge in [-0.05, 0) is 39.0 Å². The molecule has 0 aliphatic heterocycles. The van der Waals surface area contributed by atoms with Gasteiger partial charge in [0.2, 0.25) is 6.29 Å². The van der Waals surface area contributed by atoms with E-state index in [9.17, 15) is 9.90 Å². The third kappa shape index (κ3) is 19.5. The zero-order valence-corrected chi connectivity index (χ0v) is 17.2. The van der Waals surface area contributed by atoms with E-state index in [2.05, 4.69) is 19.1 Å². The minimum absolute atomic E-state index is 0.0502. The fourth-order valence-electron chi connectivity index (χ4n) is 2.80. The van der Waals surface area contributed by atoms with Gasteiger partial charge in [-0.25, -0.2) is 0 Å². The van der Waals surface area contributed by atoms with Gasteiger partial charge in [0.15, 0.2) is 0 Å². The van der Waals surface area contributed by atoms with E-state index in [1.807, 2.05) is 6.92 Å². The van der Waals surface area contributed by atoms with Crippen LogP contribution in [0.15, 0.2) is 12.2 Å². The molecule has 0 aromatic rings. The Morgan fingerprint density at radius 1 is 0.846 bits per heavy atom. The normalized spacial score (nSPS) is 12.6. The number of hydrogen-bond acceptors (Lipinski definition) is 4. The second kappa shape index (κ2) is 20.4. The number of allylic oxidation sites excluding steroid dienone is 2. The summed E-state index contributed by atoms with van der Waals surface area (Å²) < 4.78 is 9.85. The second-order valence-electron chi connectivity index (χ2n) is 6.94. The summed E-state index contributed by atoms with van der Waals surface area (Å²) in [6, 6.07) is 0. The van der Waals surface area contributed by atoms with Crippen LogP contribution in [0.3, 0.4) is 0 Å². The number of unbranched alkanes of at least 4 members (excludes halogenated alkanes) is 11. The van der Waals surface area contributed by atoms with E-state index < -0.39 is 6.29 Å². The molecule has 4 nitrogen and oxygen atoms in total. The summed E-state index contributed by atoms with van der Waals surface area (Å²) in [5.74, 6) is -0.338. The van der Waals surface area contributed by atoms with Gasteiger partial charge in [-0.1, -0.05) is 70.4 Å². The molecule has 0 aromatic heterocycles. The lowest BCUT2D eigenvalue weighted by Gasteiger charge is -2.11. The molecule has 0 saturated carbocycles. The maximum Gasteiger partial charge on any atom is 0.308 e. The smallest absolute Gasteiger partial charge is 0.308 e. The van der Waals surface area contributed by atoms with Crippen LogP contribution in [-0.4, -0.2) is 30.6 Å². The molecule has 0 aromatic carbocycles. The first kappa shape index (κ1) is 25.1. The predicted molar refractivity (Wildman–Crippen MR) is 108 cm³/mol. The SMILES string of the molecule is CCCCCCCC/C=C\CCCCCCCC(=O)OC(O)COCC. The summed E-state index contributed by atoms with van der Waals surface area (Å²) in [4.78, 5) is 11.5. The molecule has 0 amide bonds. The maximum atomic E-state index is 11.5. The lowest BCUT2D eigenvalue weighted by atomic mass is 10.1. The molecular weight excluding hydrogens is 328 g/mol. The fourth-order valence-corrected chi connectivity index (χ4v) is 2.80. The van der Waals surface area contributed by atoms with Crippen molar-refractivity contribution in [1.82, 2.24) is 0 Å². The summed E-state index contributed by atoms with van der Waals surface area (Å²) in [7, 11) is 0. The van der Waals surface area contributed by atoms with Crippen molar-refractivity contribution in [1.29, 1.82) is 0 Å². The predicted octanol–water partition coefficient (Wildman–Crippen LogP) is 5.92. The minimum atomic E-state index is -1.13. The van der Waals surface area contributed by atoms with Gasteiger partial charge in [-0.2, -0.15) is 0 Å². The molecular formula is C22H42O4. The van der Waals surface area contributed by atoms with E-state index >= 15 is 0 Å². The van der Waals surface area contributed by atoms with Crippen LogP contribution in [0.1, 0.15) is 104 Å². The lowest BCUT2D eigenvalue weighted by molar-refractivity contribution is -0.176. The minimum Gasteiger partial charge on any atom is -0.433 e. The number of carbonyl (C=O) groups is 1. The third-order valence-electron chi connectivity index (χ3n) is 4.37. The summed E-state index contributed by atoms with van der Waals surface area (Å²) in [5, 5.41) is 9.40. The summed E-state index contributed by atoms with van der Waals surface area (Å²) in [6.07, 6.45) is 19.9. The van der Waals surface area contributed by atoms with Crippen LogP contribution >= 0.6 is 0 Å². The van der Waals surface area contributed by atoms with Gasteiger partial charge in [0.1, 0.15) is 6.61 Å². The standard InChI is InChI=1S/C22H42O4/c1-3-5-6-7-8-9-10-11-12-13-14-15-16-17-18-19-21(23)26-22(24)20-25-4-2/h11-12,22,24H,3-10,13-20H2,1-2H3/b12-11-. The highest BCUT2D eigenvalue weighted by molar-refractivity contribution is 5.69. The highest BCUT2D eigenvalue weighted by Gasteiger charge is 2.10. The molecule has 0 spiro atoms. The highest BCUT2D eigenvalue weighted by Crippen LogP contribution is 2.10. The molecule has 0 radical (unpaired) electrons. The summed E-state index contributed by atoms with van der Waals surface area (Å²) in [5.41, 5.74) is 0. The summed E-state index contributed by atoms with van der Waals surface area (Å²) >= 11 is 0. The van der Waals surface area contributed by atoms with Crippen molar-refractivity contribution in [2.24, 2.45) is 0 Å². The van der Waals surface area contributed by atoms with E-state index in [0.717, 1.165) is 19.3 Å². The molecule has 26 heavy (non-hydrogen) atoms. The summed E-state index contributed by atoms with van der Waals surface area (Å²) in [6.45, 7) is 4.64. The van der Waals surface area contributed by atoms with E-state index in [4.69, 9.17) is 9.47 Å². The van der Waals surface area contributed by atoms with Crippen LogP contribution in [0, 0.1) is 0 Å². The van der Waals surface area contributed by atoms with E-state index in [1.54, 1.807) is 0 Å². The molecule has 0 aliphatic carbocycles. The van der Waals surface area contributed by atoms with Gasteiger partial charge >= 0.3 is 5.97 Å². The quantitative estimate of drug-likeness (QED) is 0.133. The van der Waals surface area contributed by atoms with Crippen LogP contribution in [0.4, 0.5) is 0 Å². The number of ether oxygens (including phenoxy) is 2. The van der Waals surface area contributed by atoms with Gasteiger partial charge in [0, 0.05) is 13.0 Å². The first-order chi connectivity index (χ1) is 12.7. The molecule has 0 saturated heterocycles. The topological polar surface area (TPSA) is 55.8 Å². The lowest BCUT2D eigenvalue weighted by Crippen LogP contribution is -2.22. The Morgan fingerprint density at radius 3 is 1.96 bits per heavy atom. The van der Waals surface area contributed by atoms with Crippen LogP contribution in [0.25, 0.3) is 0 Å². The van der Waals surface area contributed by atoms with Gasteiger partial charge in [-0.15, -0.1) is 0 Å². The molecule has 0 bridgehead atoms. The first-order valence-electron chi connectivity index (χ1n) is 10.8. The number of hydrogen-bond donors (Lipinski definition) is 1. The van der Waals surface area contributed by atoms with E-state index in [1.165, 1.54) is 64.2 Å². The van der Waals surface area contributed by atoms with Crippen molar-refractivity contribution >= 4 is 5.97 Å². The van der Waals surface area contributed by atoms with Crippen LogP contribution in [-0.2, 0) is 14.3 Å². The van der Waals surface area contributed by atoms with Crippen molar-refractivity contribution in [2.75, 3.05) is 13.2 Å². The molecule has 1 atom stereocenters. The Hall–Kier alpha value is -0.870. The van der Waals surface area contributed by atoms with Crippen LogP contribution in [0.5, 0.6) is 0 Å². The number of esters is 1. The van der Waals surface area contributed by atoms with Crippen molar-refractivity contribution in [3.05, 3.63) is 12.2 Å². The number of aliphatic hydroxyl groups excluding tert-OH is 1. The monoisotopic (exact) mass is 370 g/mol. The van der Waals surface area contributed by atoms with Crippen molar-refractivity contribution in [3.63, 3.8) is 0 Å². The van der Waals surface area contributed by atoms with Gasteiger partial charge < -0.3 is 14.6 Å². The molecule has 4 heteroatoms. The highest BCUT2D eigenvalue weighted by atomic mass is 16.7. The third-order valence-corrected chi connectivity index (χ3v) is 4.37. The van der Waals surface area contributed by atoms with Crippen molar-refractivity contribution < 1.29 is 19.4 Å². The Morgan fingerprint density at radius 2 is 1.38 bits per heavy atom. The second-order valence-corrected chi connectivity index (χ2v) is 6.94. The Labute approximate surface area is 161 Å². The van der Waals surface area contributed by atoms with E-state index in [-0.39, 0.29) is 12.6 Å². The Balaban J connectivity index is 3.28. The number of carbonyl (C=O) groups excluding carboxylic acids is 1.